The lowest BCUT2D eigenvalue weighted by Gasteiger charge is -2.34. The Hall–Kier alpha value is -2.13. The molecule has 20 heavy (non-hydrogen) atoms. The Morgan fingerprint density at radius 1 is 0.850 bits per heavy atom. The van der Waals surface area contributed by atoms with Crippen LogP contribution in [0.3, 0.4) is 0 Å². The number of piperazine rings is 1. The van der Waals surface area contributed by atoms with Gasteiger partial charge in [-0.25, -0.2) is 0 Å². The molecule has 0 atom stereocenters. The monoisotopic (exact) mass is 266 g/mol. The third kappa shape index (κ3) is 2.89. The topological polar surface area (TPSA) is 23.6 Å². The first-order chi connectivity index (χ1) is 9.83. The van der Waals surface area contributed by atoms with Gasteiger partial charge in [-0.15, -0.1) is 0 Å². The third-order valence-electron chi connectivity index (χ3n) is 3.62. The number of rotatable bonds is 3. The minimum absolute atomic E-state index is 0.179. The predicted molar refractivity (Wildman–Crippen MR) is 80.5 cm³/mol. The molecule has 0 aliphatic carbocycles. The Morgan fingerprint density at radius 3 is 2.15 bits per heavy atom. The Kier molecular flexibility index (Phi) is 3.79. The molecule has 1 heterocycles. The van der Waals surface area contributed by atoms with Crippen molar-refractivity contribution in [2.24, 2.45) is 0 Å². The molecule has 0 spiro atoms. The van der Waals surface area contributed by atoms with Gasteiger partial charge in [-0.05, 0) is 17.7 Å². The quantitative estimate of drug-likeness (QED) is 0.852. The minimum atomic E-state index is 0.179. The summed E-state index contributed by atoms with van der Waals surface area (Å²) in [6.07, 6.45) is 0. The number of nitrogens with zero attached hydrogens (tertiary/aromatic N) is 2. The van der Waals surface area contributed by atoms with Crippen molar-refractivity contribution in [2.45, 2.75) is 6.54 Å². The Labute approximate surface area is 119 Å². The molecule has 1 amide bonds. The standard InChI is InChI=1S/C17H18N2O/c20-17-14-18(13-15-7-3-1-4-8-15)11-12-19(17)16-9-5-2-6-10-16/h1-10H,11-14H2. The first-order valence-corrected chi connectivity index (χ1v) is 6.94. The summed E-state index contributed by atoms with van der Waals surface area (Å²) in [6, 6.07) is 20.2. The maximum Gasteiger partial charge on any atom is 0.241 e. The molecule has 1 aliphatic rings. The summed E-state index contributed by atoms with van der Waals surface area (Å²) in [5, 5.41) is 0. The molecule has 0 saturated carbocycles. The summed E-state index contributed by atoms with van der Waals surface area (Å²) >= 11 is 0. The molecular formula is C17H18N2O. The van der Waals surface area contributed by atoms with Crippen LogP contribution in [0.4, 0.5) is 5.69 Å². The molecule has 0 N–H and O–H groups in total. The molecule has 3 heteroatoms. The fourth-order valence-electron chi connectivity index (χ4n) is 2.58. The van der Waals surface area contributed by atoms with Crippen molar-refractivity contribution in [1.82, 2.24) is 4.90 Å². The van der Waals surface area contributed by atoms with Gasteiger partial charge in [0.15, 0.2) is 0 Å². The average molecular weight is 266 g/mol. The summed E-state index contributed by atoms with van der Waals surface area (Å²) < 4.78 is 0. The summed E-state index contributed by atoms with van der Waals surface area (Å²) in [4.78, 5) is 16.4. The fourth-order valence-corrected chi connectivity index (χ4v) is 2.58. The van der Waals surface area contributed by atoms with Crippen LogP contribution >= 0.6 is 0 Å². The molecule has 102 valence electrons. The molecule has 2 aromatic carbocycles. The van der Waals surface area contributed by atoms with E-state index in [1.165, 1.54) is 5.56 Å². The molecule has 0 radical (unpaired) electrons. The van der Waals surface area contributed by atoms with Crippen molar-refractivity contribution in [2.75, 3.05) is 24.5 Å². The van der Waals surface area contributed by atoms with Gasteiger partial charge in [-0.1, -0.05) is 48.5 Å². The lowest BCUT2D eigenvalue weighted by Crippen LogP contribution is -2.50. The zero-order chi connectivity index (χ0) is 13.8. The first-order valence-electron chi connectivity index (χ1n) is 6.94. The number of benzene rings is 2. The van der Waals surface area contributed by atoms with Gasteiger partial charge >= 0.3 is 0 Å². The molecule has 0 bridgehead atoms. The van der Waals surface area contributed by atoms with Crippen molar-refractivity contribution in [3.63, 3.8) is 0 Å². The molecule has 1 fully saturated rings. The highest BCUT2D eigenvalue weighted by Crippen LogP contribution is 2.17. The summed E-state index contributed by atoms with van der Waals surface area (Å²) in [5.41, 5.74) is 2.25. The van der Waals surface area contributed by atoms with E-state index in [-0.39, 0.29) is 5.91 Å². The second kappa shape index (κ2) is 5.88. The minimum Gasteiger partial charge on any atom is -0.310 e. The number of carbonyl (C=O) groups excluding carboxylic acids is 1. The lowest BCUT2D eigenvalue weighted by molar-refractivity contribution is -0.121. The largest absolute Gasteiger partial charge is 0.310 e. The zero-order valence-electron chi connectivity index (χ0n) is 11.4. The predicted octanol–water partition coefficient (Wildman–Crippen LogP) is 2.54. The highest BCUT2D eigenvalue weighted by Gasteiger charge is 2.24. The van der Waals surface area contributed by atoms with E-state index in [4.69, 9.17) is 0 Å². The van der Waals surface area contributed by atoms with Crippen molar-refractivity contribution in [3.05, 3.63) is 66.2 Å². The fraction of sp³-hybridized carbons (Fsp3) is 0.235. The van der Waals surface area contributed by atoms with E-state index in [9.17, 15) is 4.79 Å². The second-order valence-electron chi connectivity index (χ2n) is 5.08. The molecule has 1 saturated heterocycles. The van der Waals surface area contributed by atoms with Gasteiger partial charge in [0.05, 0.1) is 6.54 Å². The maximum absolute atomic E-state index is 12.3. The van der Waals surface area contributed by atoms with Crippen molar-refractivity contribution in [1.29, 1.82) is 0 Å². The van der Waals surface area contributed by atoms with E-state index in [1.54, 1.807) is 0 Å². The van der Waals surface area contributed by atoms with E-state index < -0.39 is 0 Å². The van der Waals surface area contributed by atoms with Crippen LogP contribution in [0.5, 0.6) is 0 Å². The summed E-state index contributed by atoms with van der Waals surface area (Å²) in [6.45, 7) is 3.00. The maximum atomic E-state index is 12.3. The van der Waals surface area contributed by atoms with Crippen molar-refractivity contribution in [3.8, 4) is 0 Å². The van der Waals surface area contributed by atoms with Crippen LogP contribution in [0, 0.1) is 0 Å². The summed E-state index contributed by atoms with van der Waals surface area (Å²) in [7, 11) is 0. The van der Waals surface area contributed by atoms with Crippen molar-refractivity contribution >= 4 is 11.6 Å². The summed E-state index contributed by atoms with van der Waals surface area (Å²) in [5.74, 6) is 0.179. The average Bonchev–Trinajstić information content (AvgIpc) is 2.49. The van der Waals surface area contributed by atoms with Gasteiger partial charge in [0.25, 0.3) is 0 Å². The van der Waals surface area contributed by atoms with Gasteiger partial charge in [0, 0.05) is 25.3 Å². The van der Waals surface area contributed by atoms with Gasteiger partial charge < -0.3 is 4.90 Å². The first kappa shape index (κ1) is 12.9. The highest BCUT2D eigenvalue weighted by atomic mass is 16.2. The molecule has 1 aliphatic heterocycles. The lowest BCUT2D eigenvalue weighted by atomic mass is 10.2. The second-order valence-corrected chi connectivity index (χ2v) is 5.08. The Balaban J connectivity index is 1.64. The highest BCUT2D eigenvalue weighted by molar-refractivity contribution is 5.95. The number of anilines is 1. The Morgan fingerprint density at radius 2 is 1.50 bits per heavy atom. The van der Waals surface area contributed by atoms with Gasteiger partial charge in [-0.3, -0.25) is 9.69 Å². The number of para-hydroxylation sites is 1. The van der Waals surface area contributed by atoms with E-state index in [0.717, 1.165) is 25.3 Å². The van der Waals surface area contributed by atoms with Crippen LogP contribution in [-0.2, 0) is 11.3 Å². The molecule has 0 unspecified atom stereocenters. The van der Waals surface area contributed by atoms with Crippen LogP contribution in [0.15, 0.2) is 60.7 Å². The van der Waals surface area contributed by atoms with Gasteiger partial charge in [-0.2, -0.15) is 0 Å². The normalized spacial score (nSPS) is 16.4. The van der Waals surface area contributed by atoms with Gasteiger partial charge in [0.2, 0.25) is 5.91 Å². The van der Waals surface area contributed by atoms with Crippen LogP contribution in [0.2, 0.25) is 0 Å². The number of amides is 1. The van der Waals surface area contributed by atoms with E-state index in [2.05, 4.69) is 17.0 Å². The molecule has 3 nitrogen and oxygen atoms in total. The third-order valence-corrected chi connectivity index (χ3v) is 3.62. The Bertz CT molecular complexity index is 568. The van der Waals surface area contributed by atoms with E-state index in [0.29, 0.717) is 6.54 Å². The molecular weight excluding hydrogens is 248 g/mol. The zero-order valence-corrected chi connectivity index (χ0v) is 11.4. The molecule has 3 rings (SSSR count). The van der Waals surface area contributed by atoms with Crippen LogP contribution in [-0.4, -0.2) is 30.4 Å². The van der Waals surface area contributed by atoms with Crippen LogP contribution in [0.1, 0.15) is 5.56 Å². The SMILES string of the molecule is O=C1CN(Cc2ccccc2)CCN1c1ccccc1. The van der Waals surface area contributed by atoms with E-state index in [1.807, 2.05) is 53.4 Å². The van der Waals surface area contributed by atoms with Crippen LogP contribution in [0.25, 0.3) is 0 Å². The number of carbonyl (C=O) groups is 1. The van der Waals surface area contributed by atoms with Gasteiger partial charge in [0.1, 0.15) is 0 Å². The number of hydrogen-bond acceptors (Lipinski definition) is 2. The molecule has 0 aromatic heterocycles. The molecule has 2 aromatic rings. The van der Waals surface area contributed by atoms with E-state index >= 15 is 0 Å². The van der Waals surface area contributed by atoms with Crippen molar-refractivity contribution < 1.29 is 4.79 Å². The number of hydrogen-bond donors (Lipinski definition) is 0. The van der Waals surface area contributed by atoms with Crippen LogP contribution < -0.4 is 4.90 Å². The smallest absolute Gasteiger partial charge is 0.241 e.